The molecule has 1 aliphatic carbocycles. The molecule has 3 N–H and O–H groups in total. The smallest absolute Gasteiger partial charge is 0.238 e. The van der Waals surface area contributed by atoms with E-state index >= 15 is 0 Å². The van der Waals surface area contributed by atoms with Crippen LogP contribution < -0.4 is 16.0 Å². The van der Waals surface area contributed by atoms with Crippen LogP contribution in [0.4, 0.5) is 5.69 Å². The van der Waals surface area contributed by atoms with E-state index in [1.54, 1.807) is 11.3 Å². The van der Waals surface area contributed by atoms with E-state index < -0.39 is 0 Å². The number of thiazole rings is 1. The van der Waals surface area contributed by atoms with Gasteiger partial charge in [0, 0.05) is 23.8 Å². The Labute approximate surface area is 210 Å². The van der Waals surface area contributed by atoms with Crippen LogP contribution >= 0.6 is 11.3 Å². The molecule has 184 valence electrons. The van der Waals surface area contributed by atoms with Gasteiger partial charge in [0.15, 0.2) is 0 Å². The molecule has 2 aromatic carbocycles. The number of likely N-dealkylation sites (N-methyl/N-ethyl adjacent to an activating group) is 1. The minimum absolute atomic E-state index is 0.0623. The average molecular weight is 492 g/mol. The number of amides is 2. The second-order valence-electron chi connectivity index (χ2n) is 9.67. The van der Waals surface area contributed by atoms with Crippen molar-refractivity contribution in [1.82, 2.24) is 20.5 Å². The zero-order chi connectivity index (χ0) is 24.4. The van der Waals surface area contributed by atoms with E-state index in [2.05, 4.69) is 46.0 Å². The van der Waals surface area contributed by atoms with Crippen molar-refractivity contribution in [3.63, 3.8) is 0 Å². The van der Waals surface area contributed by atoms with Crippen LogP contribution in [0.15, 0.2) is 42.5 Å². The first-order chi connectivity index (χ1) is 17.0. The molecular formula is C27H33N5O2S. The first kappa shape index (κ1) is 23.9. The molecule has 0 unspecified atom stereocenters. The monoisotopic (exact) mass is 491 g/mol. The minimum atomic E-state index is -0.119. The van der Waals surface area contributed by atoms with Gasteiger partial charge in [0.05, 0.1) is 28.8 Å². The molecule has 2 fully saturated rings. The van der Waals surface area contributed by atoms with Gasteiger partial charge in [0.25, 0.3) is 0 Å². The zero-order valence-corrected chi connectivity index (χ0v) is 21.2. The van der Waals surface area contributed by atoms with E-state index in [-0.39, 0.29) is 36.5 Å². The number of anilines is 1. The maximum absolute atomic E-state index is 12.7. The van der Waals surface area contributed by atoms with Gasteiger partial charge in [-0.15, -0.1) is 11.3 Å². The highest BCUT2D eigenvalue weighted by Crippen LogP contribution is 2.31. The molecule has 3 atom stereocenters. The van der Waals surface area contributed by atoms with Crippen molar-refractivity contribution in [2.75, 3.05) is 25.0 Å². The topological polar surface area (TPSA) is 86.4 Å². The van der Waals surface area contributed by atoms with Gasteiger partial charge in [-0.05, 0) is 68.3 Å². The second-order valence-corrected chi connectivity index (χ2v) is 10.7. The molecule has 7 nitrogen and oxygen atoms in total. The van der Waals surface area contributed by atoms with E-state index in [9.17, 15) is 9.59 Å². The molecule has 1 saturated heterocycles. The quantitative estimate of drug-likeness (QED) is 0.463. The van der Waals surface area contributed by atoms with Crippen molar-refractivity contribution in [2.24, 2.45) is 5.92 Å². The zero-order valence-electron chi connectivity index (χ0n) is 20.3. The number of nitrogens with one attached hydrogen (secondary N) is 3. The Bertz CT molecular complexity index is 1210. The molecule has 1 aromatic heterocycles. The molecule has 35 heavy (non-hydrogen) atoms. The van der Waals surface area contributed by atoms with Crippen LogP contribution in [0.1, 0.15) is 38.2 Å². The Morgan fingerprint density at radius 3 is 2.77 bits per heavy atom. The largest absolute Gasteiger partial charge is 0.339 e. The van der Waals surface area contributed by atoms with Crippen molar-refractivity contribution in [2.45, 2.75) is 51.7 Å². The third-order valence-electron chi connectivity index (χ3n) is 7.05. The Balaban J connectivity index is 1.16. The molecule has 8 heteroatoms. The van der Waals surface area contributed by atoms with E-state index in [4.69, 9.17) is 4.98 Å². The molecule has 2 heterocycles. The predicted octanol–water partition coefficient (Wildman–Crippen LogP) is 4.14. The third-order valence-corrected chi connectivity index (χ3v) is 8.12. The number of benzene rings is 2. The second kappa shape index (κ2) is 10.4. The number of fused-ring (bicyclic) bond motifs is 2. The lowest BCUT2D eigenvalue weighted by molar-refractivity contribution is -0.131. The summed E-state index contributed by atoms with van der Waals surface area (Å²) in [5, 5.41) is 10.7. The highest BCUT2D eigenvalue weighted by Gasteiger charge is 2.37. The highest BCUT2D eigenvalue weighted by molar-refractivity contribution is 7.21. The molecule has 0 radical (unpaired) electrons. The van der Waals surface area contributed by atoms with Crippen LogP contribution in [-0.2, 0) is 9.59 Å². The normalized spacial score (nSPS) is 22.1. The summed E-state index contributed by atoms with van der Waals surface area (Å²) in [6, 6.07) is 14.4. The van der Waals surface area contributed by atoms with Crippen LogP contribution in [0, 0.1) is 12.8 Å². The SMILES string of the molecule is CCN(CC(=O)Nc1ccc(-c2nc3ccc(C)cc3s2)cc1)C[C@H]1NC(=O)[C@@H]2CCCC[C@@H]2N1. The third kappa shape index (κ3) is 5.55. The van der Waals surface area contributed by atoms with Crippen LogP contribution in [0.2, 0.25) is 0 Å². The predicted molar refractivity (Wildman–Crippen MR) is 141 cm³/mol. The minimum Gasteiger partial charge on any atom is -0.339 e. The van der Waals surface area contributed by atoms with E-state index in [0.29, 0.717) is 6.54 Å². The fourth-order valence-corrected chi connectivity index (χ4v) is 6.21. The molecular weight excluding hydrogens is 458 g/mol. The van der Waals surface area contributed by atoms with Crippen LogP contribution in [0.5, 0.6) is 0 Å². The van der Waals surface area contributed by atoms with Crippen LogP contribution in [0.25, 0.3) is 20.8 Å². The molecule has 2 amide bonds. The standard InChI is InChI=1S/C27H33N5O2S/c1-3-32(15-24-29-21-7-5-4-6-20(21)26(34)31-24)16-25(33)28-19-11-9-18(10-12-19)27-30-22-13-8-17(2)14-23(22)35-27/h8-14,20-21,24,29H,3-7,15-16H2,1-2H3,(H,28,33)(H,31,34)/t20-,21+,24-/m1/s1. The summed E-state index contributed by atoms with van der Waals surface area (Å²) in [5.74, 6) is 0.184. The van der Waals surface area contributed by atoms with Gasteiger partial charge in [0.1, 0.15) is 5.01 Å². The molecule has 2 aliphatic rings. The molecule has 0 spiro atoms. The average Bonchev–Trinajstić information content (AvgIpc) is 3.27. The lowest BCUT2D eigenvalue weighted by atomic mass is 9.82. The van der Waals surface area contributed by atoms with E-state index in [1.165, 1.54) is 16.7 Å². The number of carbonyl (C=O) groups excluding carboxylic acids is 2. The fraction of sp³-hybridized carbons (Fsp3) is 0.444. The number of rotatable bonds is 7. The number of aryl methyl sites for hydroxylation is 1. The first-order valence-corrected chi connectivity index (χ1v) is 13.4. The lowest BCUT2D eigenvalue weighted by Crippen LogP contribution is -2.65. The summed E-state index contributed by atoms with van der Waals surface area (Å²) in [6.45, 7) is 5.73. The van der Waals surface area contributed by atoms with Gasteiger partial charge >= 0.3 is 0 Å². The maximum atomic E-state index is 12.7. The Morgan fingerprint density at radius 1 is 1.17 bits per heavy atom. The van der Waals surface area contributed by atoms with Gasteiger partial charge in [0.2, 0.25) is 11.8 Å². The van der Waals surface area contributed by atoms with Gasteiger partial charge in [-0.2, -0.15) is 0 Å². The van der Waals surface area contributed by atoms with Gasteiger partial charge in [-0.3, -0.25) is 19.8 Å². The lowest BCUT2D eigenvalue weighted by Gasteiger charge is -2.41. The molecule has 5 rings (SSSR count). The van der Waals surface area contributed by atoms with Gasteiger partial charge < -0.3 is 10.6 Å². The van der Waals surface area contributed by atoms with Crippen molar-refractivity contribution in [3.05, 3.63) is 48.0 Å². The van der Waals surface area contributed by atoms with Gasteiger partial charge in [-0.25, -0.2) is 4.98 Å². The van der Waals surface area contributed by atoms with Crippen molar-refractivity contribution in [3.8, 4) is 10.6 Å². The highest BCUT2D eigenvalue weighted by atomic mass is 32.1. The summed E-state index contributed by atoms with van der Waals surface area (Å²) in [7, 11) is 0. The summed E-state index contributed by atoms with van der Waals surface area (Å²) in [4.78, 5) is 32.1. The van der Waals surface area contributed by atoms with Crippen molar-refractivity contribution in [1.29, 1.82) is 0 Å². The summed E-state index contributed by atoms with van der Waals surface area (Å²) in [6.07, 6.45) is 4.20. The fourth-order valence-electron chi connectivity index (χ4n) is 5.14. The Morgan fingerprint density at radius 2 is 1.97 bits per heavy atom. The van der Waals surface area contributed by atoms with E-state index in [1.807, 2.05) is 31.2 Å². The van der Waals surface area contributed by atoms with Crippen LogP contribution in [-0.4, -0.2) is 53.5 Å². The first-order valence-electron chi connectivity index (χ1n) is 12.5. The van der Waals surface area contributed by atoms with E-state index in [0.717, 1.165) is 47.6 Å². The van der Waals surface area contributed by atoms with Crippen molar-refractivity contribution < 1.29 is 9.59 Å². The Hall–Kier alpha value is -2.81. The number of aromatic nitrogens is 1. The molecule has 1 aliphatic heterocycles. The number of nitrogens with zero attached hydrogens (tertiary/aromatic N) is 2. The number of hydrogen-bond donors (Lipinski definition) is 3. The molecule has 0 bridgehead atoms. The molecule has 3 aromatic rings. The summed E-state index contributed by atoms with van der Waals surface area (Å²) >= 11 is 1.68. The Kier molecular flexibility index (Phi) is 7.13. The number of carbonyl (C=O) groups is 2. The van der Waals surface area contributed by atoms with Crippen LogP contribution in [0.3, 0.4) is 0 Å². The summed E-state index contributed by atoms with van der Waals surface area (Å²) < 4.78 is 1.18. The van der Waals surface area contributed by atoms with Gasteiger partial charge in [-0.1, -0.05) is 25.8 Å². The maximum Gasteiger partial charge on any atom is 0.238 e. The summed E-state index contributed by atoms with van der Waals surface area (Å²) in [5.41, 5.74) is 4.04. The molecule has 1 saturated carbocycles. The number of hydrogen-bond acceptors (Lipinski definition) is 6. The van der Waals surface area contributed by atoms with Crippen molar-refractivity contribution >= 4 is 39.1 Å².